The van der Waals surface area contributed by atoms with Gasteiger partial charge in [0.25, 0.3) is 0 Å². The van der Waals surface area contributed by atoms with E-state index in [9.17, 15) is 9.90 Å². The largest absolute Gasteiger partial charge is 0.467 e. The van der Waals surface area contributed by atoms with Gasteiger partial charge in [-0.1, -0.05) is 0 Å². The maximum atomic E-state index is 11.2. The minimum Gasteiger partial charge on any atom is -0.467 e. The van der Waals surface area contributed by atoms with Crippen molar-refractivity contribution in [2.75, 3.05) is 7.11 Å². The van der Waals surface area contributed by atoms with Crippen molar-refractivity contribution in [2.45, 2.75) is 24.4 Å². The number of nitrogens with zero attached hydrogens (tertiary/aromatic N) is 1. The number of ether oxygens (including phenoxy) is 1. The molecule has 1 aliphatic rings. The fraction of sp³-hybridized carbons (Fsp3) is 0.556. The molecule has 1 saturated carbocycles. The number of thiazole rings is 1. The molecular formula is C9H11NO3S. The predicted octanol–water partition coefficient (Wildman–Crippen LogP) is 0.709. The Morgan fingerprint density at radius 1 is 1.79 bits per heavy atom. The number of carbonyl (C=O) groups is 1. The van der Waals surface area contributed by atoms with E-state index in [0.29, 0.717) is 0 Å². The van der Waals surface area contributed by atoms with Crippen molar-refractivity contribution in [3.8, 4) is 0 Å². The van der Waals surface area contributed by atoms with Gasteiger partial charge in [0, 0.05) is 5.38 Å². The Morgan fingerprint density at radius 2 is 2.50 bits per heavy atom. The summed E-state index contributed by atoms with van der Waals surface area (Å²) in [6.07, 6.45) is 0.523. The minimum atomic E-state index is -1.07. The Kier molecular flexibility index (Phi) is 2.28. The van der Waals surface area contributed by atoms with E-state index in [2.05, 4.69) is 9.72 Å². The van der Waals surface area contributed by atoms with Gasteiger partial charge in [-0.2, -0.15) is 0 Å². The summed E-state index contributed by atoms with van der Waals surface area (Å²) >= 11 is 1.47. The van der Waals surface area contributed by atoms with Gasteiger partial charge in [0.15, 0.2) is 6.10 Å². The number of aromatic nitrogens is 1. The highest BCUT2D eigenvalue weighted by Gasteiger charge is 2.55. The first kappa shape index (κ1) is 9.61. The number of aliphatic hydroxyl groups excluding tert-OH is 1. The van der Waals surface area contributed by atoms with Crippen LogP contribution >= 0.6 is 11.3 Å². The van der Waals surface area contributed by atoms with Gasteiger partial charge in [0.2, 0.25) is 0 Å². The third-order valence-electron chi connectivity index (χ3n) is 2.68. The summed E-state index contributed by atoms with van der Waals surface area (Å²) in [5.74, 6) is -0.574. The zero-order valence-corrected chi connectivity index (χ0v) is 8.58. The maximum Gasteiger partial charge on any atom is 0.335 e. The van der Waals surface area contributed by atoms with Crippen LogP contribution < -0.4 is 0 Å². The molecule has 1 fully saturated rings. The monoisotopic (exact) mass is 213 g/mol. The normalized spacial score (nSPS) is 20.1. The quantitative estimate of drug-likeness (QED) is 0.751. The highest BCUT2D eigenvalue weighted by molar-refractivity contribution is 7.07. The van der Waals surface area contributed by atoms with E-state index in [-0.39, 0.29) is 0 Å². The Balaban J connectivity index is 2.21. The Hall–Kier alpha value is -0.940. The summed E-state index contributed by atoms with van der Waals surface area (Å²) in [5, 5.41) is 11.6. The Morgan fingerprint density at radius 3 is 2.93 bits per heavy atom. The summed E-state index contributed by atoms with van der Waals surface area (Å²) in [5.41, 5.74) is 2.05. The first-order valence-corrected chi connectivity index (χ1v) is 5.29. The number of rotatable bonds is 3. The van der Waals surface area contributed by atoms with Crippen LogP contribution in [0.15, 0.2) is 10.9 Å². The number of methoxy groups -OCH3 is 1. The molecule has 1 unspecified atom stereocenters. The topological polar surface area (TPSA) is 59.4 Å². The standard InChI is InChI=1S/C9H11NO3S/c1-13-8(12)7(11)9(2-3-9)6-4-14-5-10-6/h4-5,7,11H,2-3H2,1H3. The molecule has 1 heterocycles. The van der Waals surface area contributed by atoms with Crippen molar-refractivity contribution in [1.29, 1.82) is 0 Å². The second kappa shape index (κ2) is 3.33. The summed E-state index contributed by atoms with van der Waals surface area (Å²) in [4.78, 5) is 15.3. The van der Waals surface area contributed by atoms with E-state index in [4.69, 9.17) is 0 Å². The van der Waals surface area contributed by atoms with Gasteiger partial charge in [-0.15, -0.1) is 11.3 Å². The third-order valence-corrected chi connectivity index (χ3v) is 3.27. The van der Waals surface area contributed by atoms with E-state index < -0.39 is 17.5 Å². The van der Waals surface area contributed by atoms with Gasteiger partial charge >= 0.3 is 5.97 Å². The highest BCUT2D eigenvalue weighted by atomic mass is 32.1. The smallest absolute Gasteiger partial charge is 0.335 e. The molecule has 1 N–H and O–H groups in total. The number of esters is 1. The van der Waals surface area contributed by atoms with E-state index in [1.54, 1.807) is 5.51 Å². The van der Waals surface area contributed by atoms with Gasteiger partial charge in [0.1, 0.15) is 0 Å². The van der Waals surface area contributed by atoms with Crippen molar-refractivity contribution in [2.24, 2.45) is 0 Å². The zero-order valence-electron chi connectivity index (χ0n) is 7.77. The van der Waals surface area contributed by atoms with Crippen LogP contribution in [0.4, 0.5) is 0 Å². The van der Waals surface area contributed by atoms with E-state index >= 15 is 0 Å². The summed E-state index contributed by atoms with van der Waals surface area (Å²) in [6, 6.07) is 0. The second-order valence-electron chi connectivity index (χ2n) is 3.46. The molecule has 0 bridgehead atoms. The maximum absolute atomic E-state index is 11.2. The highest BCUT2D eigenvalue weighted by Crippen LogP contribution is 2.50. The predicted molar refractivity (Wildman–Crippen MR) is 51.0 cm³/mol. The van der Waals surface area contributed by atoms with Crippen molar-refractivity contribution >= 4 is 17.3 Å². The van der Waals surface area contributed by atoms with Crippen LogP contribution in [0.25, 0.3) is 0 Å². The molecule has 2 rings (SSSR count). The molecule has 1 aromatic heterocycles. The zero-order chi connectivity index (χ0) is 10.2. The van der Waals surface area contributed by atoms with Crippen LogP contribution in [0.3, 0.4) is 0 Å². The fourth-order valence-corrected chi connectivity index (χ4v) is 2.26. The number of aliphatic hydroxyl groups is 1. The molecular weight excluding hydrogens is 202 g/mol. The van der Waals surface area contributed by atoms with E-state index in [1.165, 1.54) is 18.4 Å². The minimum absolute atomic E-state index is 0.465. The number of carbonyl (C=O) groups excluding carboxylic acids is 1. The van der Waals surface area contributed by atoms with Crippen LogP contribution in [0.1, 0.15) is 18.5 Å². The average Bonchev–Trinajstić information content (AvgIpc) is 2.84. The van der Waals surface area contributed by atoms with Gasteiger partial charge in [-0.3, -0.25) is 0 Å². The molecule has 0 aromatic carbocycles. The molecule has 1 atom stereocenters. The first-order valence-electron chi connectivity index (χ1n) is 4.35. The summed E-state index contributed by atoms with van der Waals surface area (Å²) in [7, 11) is 1.28. The fourth-order valence-electron chi connectivity index (χ4n) is 1.60. The van der Waals surface area contributed by atoms with E-state index in [0.717, 1.165) is 18.5 Å². The number of hydrogen-bond donors (Lipinski definition) is 1. The molecule has 1 aliphatic carbocycles. The van der Waals surface area contributed by atoms with Crippen molar-refractivity contribution in [3.63, 3.8) is 0 Å². The molecule has 0 radical (unpaired) electrons. The second-order valence-corrected chi connectivity index (χ2v) is 4.17. The van der Waals surface area contributed by atoms with Crippen LogP contribution in [0.5, 0.6) is 0 Å². The Labute approximate surface area is 85.5 Å². The molecule has 1 aromatic rings. The molecule has 0 spiro atoms. The first-order chi connectivity index (χ1) is 6.70. The average molecular weight is 213 g/mol. The lowest BCUT2D eigenvalue weighted by molar-refractivity contribution is -0.152. The lowest BCUT2D eigenvalue weighted by Crippen LogP contribution is -2.35. The molecule has 5 heteroatoms. The lowest BCUT2D eigenvalue weighted by atomic mass is 9.96. The summed E-state index contributed by atoms with van der Waals surface area (Å²) in [6.45, 7) is 0. The van der Waals surface area contributed by atoms with E-state index in [1.807, 2.05) is 5.38 Å². The van der Waals surface area contributed by atoms with Gasteiger partial charge < -0.3 is 9.84 Å². The molecule has 4 nitrogen and oxygen atoms in total. The van der Waals surface area contributed by atoms with Gasteiger partial charge in [-0.25, -0.2) is 9.78 Å². The van der Waals surface area contributed by atoms with Gasteiger partial charge in [0.05, 0.1) is 23.7 Å². The van der Waals surface area contributed by atoms with Crippen molar-refractivity contribution < 1.29 is 14.6 Å². The molecule has 0 amide bonds. The summed E-state index contributed by atoms with van der Waals surface area (Å²) < 4.78 is 4.52. The molecule has 0 saturated heterocycles. The van der Waals surface area contributed by atoms with Crippen LogP contribution in [0, 0.1) is 0 Å². The number of hydrogen-bond acceptors (Lipinski definition) is 5. The van der Waals surface area contributed by atoms with Crippen molar-refractivity contribution in [3.05, 3.63) is 16.6 Å². The van der Waals surface area contributed by atoms with Crippen LogP contribution in [-0.2, 0) is 14.9 Å². The molecule has 14 heavy (non-hydrogen) atoms. The van der Waals surface area contributed by atoms with Gasteiger partial charge in [-0.05, 0) is 12.8 Å². The Bertz CT molecular complexity index is 332. The lowest BCUT2D eigenvalue weighted by Gasteiger charge is -2.17. The van der Waals surface area contributed by atoms with Crippen LogP contribution in [0.2, 0.25) is 0 Å². The third kappa shape index (κ3) is 1.33. The molecule has 76 valence electrons. The van der Waals surface area contributed by atoms with Crippen molar-refractivity contribution in [1.82, 2.24) is 4.98 Å². The molecule has 0 aliphatic heterocycles. The van der Waals surface area contributed by atoms with Crippen LogP contribution in [-0.4, -0.2) is 29.3 Å². The SMILES string of the molecule is COC(=O)C(O)C1(c2cscn2)CC1.